The van der Waals surface area contributed by atoms with Gasteiger partial charge in [-0.25, -0.2) is 18.4 Å². The second-order valence-corrected chi connectivity index (χ2v) is 8.29. The Morgan fingerprint density at radius 3 is 2.31 bits per heavy atom. The molecule has 2 fully saturated rings. The molecule has 9 nitrogen and oxygen atoms in total. The van der Waals surface area contributed by atoms with Gasteiger partial charge in [-0.1, -0.05) is 0 Å². The summed E-state index contributed by atoms with van der Waals surface area (Å²) in [7, 11) is 1.50. The van der Waals surface area contributed by atoms with Crippen molar-refractivity contribution in [2.75, 3.05) is 31.7 Å². The SMILES string of the molecule is CCOC(=O)c1cn(C2CC2)c2c(F)c(N3C[C@@H](N)[C@@H](OC)C3)c(F)cc2c1=O.O=C(O)C(F)(F)F. The van der Waals surface area contributed by atoms with Crippen molar-refractivity contribution in [3.8, 4) is 0 Å². The first kappa shape index (κ1) is 27.3. The molecule has 1 saturated carbocycles. The number of carbonyl (C=O) groups excluding carboxylic acids is 1. The zero-order valence-electron chi connectivity index (χ0n) is 19.3. The molecule has 0 amide bonds. The first-order valence-corrected chi connectivity index (χ1v) is 10.9. The van der Waals surface area contributed by atoms with Gasteiger partial charge in [0.05, 0.1) is 29.7 Å². The van der Waals surface area contributed by atoms with Crippen LogP contribution < -0.4 is 16.1 Å². The molecule has 2 heterocycles. The van der Waals surface area contributed by atoms with Gasteiger partial charge in [-0.05, 0) is 25.8 Å². The topological polar surface area (TPSA) is 124 Å². The normalized spacial score (nSPS) is 19.7. The number of ether oxygens (including phenoxy) is 2. The van der Waals surface area contributed by atoms with Crippen LogP contribution in [0.3, 0.4) is 0 Å². The number of hydrogen-bond donors (Lipinski definition) is 2. The smallest absolute Gasteiger partial charge is 0.475 e. The molecule has 0 spiro atoms. The minimum Gasteiger partial charge on any atom is -0.475 e. The van der Waals surface area contributed by atoms with E-state index in [4.69, 9.17) is 25.1 Å². The van der Waals surface area contributed by atoms with Crippen molar-refractivity contribution < 1.29 is 46.1 Å². The minimum atomic E-state index is -5.08. The largest absolute Gasteiger partial charge is 0.490 e. The molecule has 3 N–H and O–H groups in total. The Bertz CT molecular complexity index is 1230. The maximum atomic E-state index is 15.6. The fraction of sp³-hybridized carbons (Fsp3) is 0.500. The van der Waals surface area contributed by atoms with E-state index in [1.165, 1.54) is 18.2 Å². The Labute approximate surface area is 201 Å². The number of nitrogens with zero attached hydrogens (tertiary/aromatic N) is 2. The molecular formula is C22H24F5N3O6. The van der Waals surface area contributed by atoms with Crippen molar-refractivity contribution in [1.82, 2.24) is 4.57 Å². The van der Waals surface area contributed by atoms with E-state index in [0.29, 0.717) is 0 Å². The summed E-state index contributed by atoms with van der Waals surface area (Å²) in [5.74, 6) is -5.26. The van der Waals surface area contributed by atoms with Crippen LogP contribution in [0.2, 0.25) is 0 Å². The van der Waals surface area contributed by atoms with Gasteiger partial charge in [0.1, 0.15) is 17.1 Å². The number of methoxy groups -OCH3 is 1. The highest BCUT2D eigenvalue weighted by molar-refractivity contribution is 5.95. The first-order chi connectivity index (χ1) is 16.8. The molecule has 1 aliphatic heterocycles. The van der Waals surface area contributed by atoms with Gasteiger partial charge >= 0.3 is 18.1 Å². The number of benzene rings is 1. The van der Waals surface area contributed by atoms with Crippen LogP contribution in [0, 0.1) is 11.6 Å². The Kier molecular flexibility index (Phi) is 7.88. The van der Waals surface area contributed by atoms with Gasteiger partial charge in [-0.2, -0.15) is 13.2 Å². The molecule has 2 aromatic rings. The number of fused-ring (bicyclic) bond motifs is 1. The molecule has 1 aromatic heterocycles. The number of aliphatic carboxylic acids is 1. The fourth-order valence-electron chi connectivity index (χ4n) is 3.95. The van der Waals surface area contributed by atoms with Crippen LogP contribution in [0.4, 0.5) is 27.6 Å². The highest BCUT2D eigenvalue weighted by Crippen LogP contribution is 2.40. The van der Waals surface area contributed by atoms with Crippen LogP contribution in [0.5, 0.6) is 0 Å². The molecule has 0 bridgehead atoms. The highest BCUT2D eigenvalue weighted by atomic mass is 19.4. The number of anilines is 1. The number of nitrogens with two attached hydrogens (primary N) is 1. The number of carboxylic acids is 1. The van der Waals surface area contributed by atoms with Gasteiger partial charge in [0.2, 0.25) is 5.43 Å². The Hall–Kier alpha value is -3.26. The molecule has 198 valence electrons. The highest BCUT2D eigenvalue weighted by Gasteiger charge is 2.38. The van der Waals surface area contributed by atoms with Crippen LogP contribution in [-0.4, -0.2) is 66.7 Å². The van der Waals surface area contributed by atoms with E-state index < -0.39 is 35.2 Å². The van der Waals surface area contributed by atoms with E-state index in [9.17, 15) is 27.2 Å². The summed E-state index contributed by atoms with van der Waals surface area (Å²) in [6.07, 6.45) is -2.53. The summed E-state index contributed by atoms with van der Waals surface area (Å²) < 4.78 is 74.1. The summed E-state index contributed by atoms with van der Waals surface area (Å²) in [6, 6.07) is 0.571. The molecule has 1 saturated heterocycles. The lowest BCUT2D eigenvalue weighted by Gasteiger charge is -2.22. The molecule has 2 aliphatic rings. The van der Waals surface area contributed by atoms with Gasteiger partial charge in [0.25, 0.3) is 0 Å². The van der Waals surface area contributed by atoms with E-state index in [2.05, 4.69) is 0 Å². The van der Waals surface area contributed by atoms with Crippen LogP contribution in [0.15, 0.2) is 17.1 Å². The number of alkyl halides is 3. The summed E-state index contributed by atoms with van der Waals surface area (Å²) in [5, 5.41) is 6.95. The molecule has 1 aliphatic carbocycles. The summed E-state index contributed by atoms with van der Waals surface area (Å²) >= 11 is 0. The first-order valence-electron chi connectivity index (χ1n) is 10.9. The predicted molar refractivity (Wildman–Crippen MR) is 117 cm³/mol. The summed E-state index contributed by atoms with van der Waals surface area (Å²) in [4.78, 5) is 35.4. The second kappa shape index (κ2) is 10.4. The van der Waals surface area contributed by atoms with E-state index in [1.807, 2.05) is 0 Å². The number of rotatable bonds is 5. The molecule has 0 unspecified atom stereocenters. The lowest BCUT2D eigenvalue weighted by Crippen LogP contribution is -2.34. The monoisotopic (exact) mass is 521 g/mol. The van der Waals surface area contributed by atoms with E-state index in [0.717, 1.165) is 18.9 Å². The van der Waals surface area contributed by atoms with E-state index >= 15 is 4.39 Å². The van der Waals surface area contributed by atoms with Gasteiger partial charge in [0.15, 0.2) is 5.82 Å². The maximum absolute atomic E-state index is 15.6. The Morgan fingerprint density at radius 2 is 1.83 bits per heavy atom. The minimum absolute atomic E-state index is 0.00335. The molecule has 14 heteroatoms. The number of carboxylic acid groups (broad SMARTS) is 1. The maximum Gasteiger partial charge on any atom is 0.490 e. The van der Waals surface area contributed by atoms with E-state index in [1.54, 1.807) is 11.5 Å². The van der Waals surface area contributed by atoms with E-state index in [-0.39, 0.29) is 60.0 Å². The molecular weight excluding hydrogens is 497 g/mol. The van der Waals surface area contributed by atoms with Crippen molar-refractivity contribution in [3.63, 3.8) is 0 Å². The molecule has 1 aromatic carbocycles. The van der Waals surface area contributed by atoms with Crippen molar-refractivity contribution in [2.24, 2.45) is 5.73 Å². The van der Waals surface area contributed by atoms with Crippen LogP contribution in [0.25, 0.3) is 10.9 Å². The van der Waals surface area contributed by atoms with Crippen LogP contribution >= 0.6 is 0 Å². The number of pyridine rings is 1. The third kappa shape index (κ3) is 5.43. The molecule has 4 rings (SSSR count). The van der Waals surface area contributed by atoms with Crippen molar-refractivity contribution in [2.45, 2.75) is 44.1 Å². The standard InChI is InChI=1S/C20H23F2N3O4.C2HF3O2/c1-3-29-20(27)12-7-25(10-4-5-10)17-11(19(12)26)6-13(21)18(16(17)22)24-8-14(23)15(9-24)28-2;3-2(4,5)1(6)7/h6-7,10,14-15H,3-5,8-9,23H2,1-2H3;(H,6,7)/t14-,15+;/m1./s1. The van der Waals surface area contributed by atoms with Crippen LogP contribution in [0.1, 0.15) is 36.2 Å². The van der Waals surface area contributed by atoms with Gasteiger partial charge in [0, 0.05) is 32.4 Å². The third-order valence-corrected chi connectivity index (χ3v) is 5.79. The molecule has 2 atom stereocenters. The lowest BCUT2D eigenvalue weighted by molar-refractivity contribution is -0.192. The second-order valence-electron chi connectivity index (χ2n) is 8.29. The number of esters is 1. The number of aromatic nitrogens is 1. The van der Waals surface area contributed by atoms with Gasteiger partial charge in [-0.15, -0.1) is 0 Å². The fourth-order valence-corrected chi connectivity index (χ4v) is 3.95. The van der Waals surface area contributed by atoms with Gasteiger partial charge < -0.3 is 29.8 Å². The number of hydrogen-bond acceptors (Lipinski definition) is 7. The number of carbonyl (C=O) groups is 2. The average Bonchev–Trinajstić information content (AvgIpc) is 3.56. The molecule has 0 radical (unpaired) electrons. The number of halogens is 5. The summed E-state index contributed by atoms with van der Waals surface area (Å²) in [5.41, 5.74) is 4.81. The lowest BCUT2D eigenvalue weighted by atomic mass is 10.1. The Morgan fingerprint density at radius 1 is 1.22 bits per heavy atom. The molecule has 36 heavy (non-hydrogen) atoms. The van der Waals surface area contributed by atoms with Crippen molar-refractivity contribution in [3.05, 3.63) is 39.7 Å². The zero-order valence-corrected chi connectivity index (χ0v) is 19.3. The van der Waals surface area contributed by atoms with Crippen molar-refractivity contribution in [1.29, 1.82) is 0 Å². The third-order valence-electron chi connectivity index (χ3n) is 5.79. The zero-order chi connectivity index (χ0) is 26.9. The predicted octanol–water partition coefficient (Wildman–Crippen LogP) is 2.59. The van der Waals surface area contributed by atoms with Crippen LogP contribution in [-0.2, 0) is 14.3 Å². The summed E-state index contributed by atoms with van der Waals surface area (Å²) in [6.45, 7) is 2.19. The van der Waals surface area contributed by atoms with Gasteiger partial charge in [-0.3, -0.25) is 4.79 Å². The quantitative estimate of drug-likeness (QED) is 0.455. The van der Waals surface area contributed by atoms with Crippen molar-refractivity contribution >= 4 is 28.5 Å². The Balaban J connectivity index is 0.000000454. The average molecular weight is 521 g/mol.